The Bertz CT molecular complexity index is 2050. The van der Waals surface area contributed by atoms with Gasteiger partial charge < -0.3 is 4.42 Å². The summed E-state index contributed by atoms with van der Waals surface area (Å²) in [5.74, 6) is -0.858. The van der Waals surface area contributed by atoms with E-state index in [1.54, 1.807) is 55.8 Å². The molecule has 0 spiro atoms. The molecule has 1 aliphatic rings. The highest BCUT2D eigenvalue weighted by molar-refractivity contribution is 6.14. The Hall–Kier alpha value is -3.97. The number of pyridine rings is 1. The zero-order chi connectivity index (χ0) is 31.4. The third-order valence-corrected chi connectivity index (χ3v) is 6.82. The lowest BCUT2D eigenvalue weighted by Crippen LogP contribution is -2.31. The minimum absolute atomic E-state index is 0.227. The van der Waals surface area contributed by atoms with Gasteiger partial charge in [-0.2, -0.15) is 5.26 Å². The highest BCUT2D eigenvalue weighted by atomic mass is 19.1. The largest absolute Gasteiger partial charge is 0.454 e. The van der Waals surface area contributed by atoms with E-state index in [0.29, 0.717) is 49.9 Å². The van der Waals surface area contributed by atoms with Crippen molar-refractivity contribution in [2.24, 2.45) is 12.5 Å². The lowest BCUT2D eigenvalue weighted by Gasteiger charge is -2.14. The van der Waals surface area contributed by atoms with Crippen LogP contribution in [-0.4, -0.2) is 0 Å². The number of fused-ring (bicyclic) bond motifs is 4. The molecule has 2 heterocycles. The molecule has 0 N–H and O–H groups in total. The summed E-state index contributed by atoms with van der Waals surface area (Å²) in [4.78, 5) is 0. The minimum Gasteiger partial charge on any atom is -0.454 e. The van der Waals surface area contributed by atoms with Crippen LogP contribution < -0.4 is 4.57 Å². The molecule has 3 aromatic carbocycles. The average molecular weight is 483 g/mol. The molecule has 0 radical (unpaired) electrons. The lowest BCUT2D eigenvalue weighted by atomic mass is 9.90. The van der Waals surface area contributed by atoms with Gasteiger partial charge >= 0.3 is 0 Å². The molecule has 0 bridgehead atoms. The Morgan fingerprint density at radius 2 is 1.72 bits per heavy atom. The fraction of sp³-hybridized carbons (Fsp3) is 0.250. The van der Waals surface area contributed by atoms with Crippen molar-refractivity contribution >= 4 is 21.9 Å². The Morgan fingerprint density at radius 1 is 1.00 bits per heavy atom. The quantitative estimate of drug-likeness (QED) is 0.245. The molecular weight excluding hydrogens is 447 g/mol. The average Bonchev–Trinajstić information content (AvgIpc) is 3.34. The van der Waals surface area contributed by atoms with E-state index in [1.807, 2.05) is 19.1 Å². The molecule has 178 valence electrons. The molecular formula is C32H28FN2O+. The lowest BCUT2D eigenvalue weighted by molar-refractivity contribution is -0.661. The number of aryl methyl sites for hydroxylation is 3. The Labute approximate surface area is 220 Å². The number of furan rings is 1. The van der Waals surface area contributed by atoms with Crippen LogP contribution in [0.3, 0.4) is 0 Å². The summed E-state index contributed by atoms with van der Waals surface area (Å²) < 4.78 is 81.3. The summed E-state index contributed by atoms with van der Waals surface area (Å²) >= 11 is 0. The fourth-order valence-electron chi connectivity index (χ4n) is 5.19. The van der Waals surface area contributed by atoms with Crippen LogP contribution in [0.4, 0.5) is 4.39 Å². The SMILES string of the molecule is [2H]C([2H])([2H])c1c[n+](C)c(-c2c(C)ccc3c2oc2c(-c4ccc5c(c4)C([2H])([2H])C(C)(C)C5([2H])[2H])c(C#N)ccc23)cc1F. The zero-order valence-corrected chi connectivity index (χ0v) is 20.4. The second kappa shape index (κ2) is 7.77. The van der Waals surface area contributed by atoms with Crippen molar-refractivity contribution in [3.8, 4) is 28.5 Å². The van der Waals surface area contributed by atoms with Crippen molar-refractivity contribution in [1.82, 2.24) is 0 Å². The van der Waals surface area contributed by atoms with E-state index in [4.69, 9.17) is 14.0 Å². The van der Waals surface area contributed by atoms with Gasteiger partial charge in [-0.05, 0) is 66.3 Å². The van der Waals surface area contributed by atoms with E-state index in [0.717, 1.165) is 5.56 Å². The number of nitrogens with zero attached hydrogens (tertiary/aromatic N) is 2. The number of hydrogen-bond donors (Lipinski definition) is 0. The zero-order valence-electron chi connectivity index (χ0n) is 27.4. The van der Waals surface area contributed by atoms with E-state index >= 15 is 4.39 Å². The van der Waals surface area contributed by atoms with E-state index in [-0.39, 0.29) is 11.1 Å². The van der Waals surface area contributed by atoms with Crippen LogP contribution in [-0.2, 0) is 19.8 Å². The fourth-order valence-corrected chi connectivity index (χ4v) is 5.19. The third-order valence-electron chi connectivity index (χ3n) is 6.82. The minimum atomic E-state index is -2.62. The first-order chi connectivity index (χ1) is 19.9. The first-order valence-corrected chi connectivity index (χ1v) is 11.7. The first kappa shape index (κ1) is 15.9. The highest BCUT2D eigenvalue weighted by Crippen LogP contribution is 2.44. The van der Waals surface area contributed by atoms with Crippen molar-refractivity contribution in [2.45, 2.75) is 40.4 Å². The summed E-state index contributed by atoms with van der Waals surface area (Å²) in [7, 11) is 1.64. The van der Waals surface area contributed by atoms with Gasteiger partial charge in [0.1, 0.15) is 24.0 Å². The summed E-state index contributed by atoms with van der Waals surface area (Å²) in [6.07, 6.45) is -2.64. The van der Waals surface area contributed by atoms with Gasteiger partial charge in [-0.15, -0.1) is 0 Å². The molecule has 6 rings (SSSR count). The monoisotopic (exact) mass is 482 g/mol. The highest BCUT2D eigenvalue weighted by Gasteiger charge is 2.29. The Morgan fingerprint density at radius 3 is 2.47 bits per heavy atom. The number of rotatable bonds is 2. The Balaban J connectivity index is 1.65. The molecule has 2 aromatic heterocycles. The van der Waals surface area contributed by atoms with Gasteiger partial charge in [-0.25, -0.2) is 8.96 Å². The molecule has 0 aliphatic heterocycles. The maximum Gasteiger partial charge on any atom is 0.219 e. The molecule has 0 amide bonds. The molecule has 1 aliphatic carbocycles. The Kier molecular flexibility index (Phi) is 3.43. The van der Waals surface area contributed by atoms with Gasteiger partial charge in [0.25, 0.3) is 0 Å². The van der Waals surface area contributed by atoms with E-state index < -0.39 is 36.4 Å². The number of halogens is 1. The topological polar surface area (TPSA) is 40.8 Å². The predicted octanol–water partition coefficient (Wildman–Crippen LogP) is 7.50. The number of aromatic nitrogens is 1. The van der Waals surface area contributed by atoms with Gasteiger partial charge in [-0.1, -0.05) is 44.2 Å². The predicted molar refractivity (Wildman–Crippen MR) is 141 cm³/mol. The van der Waals surface area contributed by atoms with Gasteiger partial charge in [-0.3, -0.25) is 0 Å². The standard InChI is InChI=1S/C32H28FN2O/c1-18-6-10-24-25-11-9-22(16-34)29(20-7-8-21-14-32(3,4)15-23(21)12-20)31(25)36-30(24)28(18)27-13-26(33)19(2)17-35(27)5/h6-13,17H,14-15H2,1-5H3/q+1/i2D3,14D2,15D2. The summed E-state index contributed by atoms with van der Waals surface area (Å²) in [5, 5.41) is 11.5. The molecule has 0 fully saturated rings. The van der Waals surface area contributed by atoms with Crippen molar-refractivity contribution < 1.29 is 23.0 Å². The van der Waals surface area contributed by atoms with E-state index in [1.165, 1.54) is 12.3 Å². The van der Waals surface area contributed by atoms with Crippen LogP contribution in [0, 0.1) is 36.3 Å². The summed E-state index contributed by atoms with van der Waals surface area (Å²) in [6.45, 7) is 2.37. The second-order valence-corrected chi connectivity index (χ2v) is 9.88. The van der Waals surface area contributed by atoms with Crippen molar-refractivity contribution in [1.29, 1.82) is 5.26 Å². The number of nitriles is 1. The molecule has 0 saturated heterocycles. The summed E-state index contributed by atoms with van der Waals surface area (Å²) in [5.41, 5.74) is 2.56. The van der Waals surface area contributed by atoms with Crippen LogP contribution >= 0.6 is 0 Å². The van der Waals surface area contributed by atoms with Crippen LogP contribution in [0.5, 0.6) is 0 Å². The van der Waals surface area contributed by atoms with Gasteiger partial charge in [0.05, 0.1) is 17.2 Å². The van der Waals surface area contributed by atoms with E-state index in [9.17, 15) is 5.26 Å². The van der Waals surface area contributed by atoms with Crippen molar-refractivity contribution in [2.75, 3.05) is 0 Å². The van der Waals surface area contributed by atoms with Crippen molar-refractivity contribution in [3.63, 3.8) is 0 Å². The number of benzene rings is 3. The second-order valence-electron chi connectivity index (χ2n) is 9.88. The van der Waals surface area contributed by atoms with Crippen LogP contribution in [0.2, 0.25) is 0 Å². The molecule has 0 unspecified atom stereocenters. The smallest absolute Gasteiger partial charge is 0.219 e. The molecule has 3 nitrogen and oxygen atoms in total. The molecule has 0 atom stereocenters. The molecule has 0 saturated carbocycles. The van der Waals surface area contributed by atoms with Crippen LogP contribution in [0.25, 0.3) is 44.3 Å². The van der Waals surface area contributed by atoms with Gasteiger partial charge in [0.15, 0.2) is 6.20 Å². The molecule has 36 heavy (non-hydrogen) atoms. The van der Waals surface area contributed by atoms with Crippen molar-refractivity contribution in [3.05, 3.63) is 88.4 Å². The van der Waals surface area contributed by atoms with Gasteiger partial charge in [0, 0.05) is 37.6 Å². The molecule has 4 heteroatoms. The first-order valence-electron chi connectivity index (χ1n) is 15.2. The molecule has 5 aromatic rings. The van der Waals surface area contributed by atoms with Crippen LogP contribution in [0.15, 0.2) is 59.1 Å². The maximum absolute atomic E-state index is 15.1. The summed E-state index contributed by atoms with van der Waals surface area (Å²) in [6, 6.07) is 15.5. The van der Waals surface area contributed by atoms with Gasteiger partial charge in [0.2, 0.25) is 5.69 Å². The maximum atomic E-state index is 15.1. The third kappa shape index (κ3) is 3.34. The normalized spacial score (nSPS) is 20.4. The van der Waals surface area contributed by atoms with E-state index in [2.05, 4.69) is 6.07 Å². The van der Waals surface area contributed by atoms with Crippen LogP contribution in [0.1, 0.15) is 51.3 Å². The number of hydrogen-bond acceptors (Lipinski definition) is 2.